The van der Waals surface area contributed by atoms with Gasteiger partial charge in [-0.25, -0.2) is 0 Å². The SMILES string of the molecule is OCCOCCCNCc1nc(Cc2ccccc2)no1. The van der Waals surface area contributed by atoms with E-state index in [0.717, 1.165) is 13.0 Å². The highest BCUT2D eigenvalue weighted by Gasteiger charge is 2.06. The first kappa shape index (κ1) is 15.6. The number of nitrogens with zero attached hydrogens (tertiary/aromatic N) is 2. The average Bonchev–Trinajstić information content (AvgIpc) is 2.95. The van der Waals surface area contributed by atoms with E-state index >= 15 is 0 Å². The molecule has 1 aromatic carbocycles. The maximum atomic E-state index is 8.56. The lowest BCUT2D eigenvalue weighted by molar-refractivity contribution is 0.0906. The number of aliphatic hydroxyl groups excluding tert-OH is 1. The molecule has 0 radical (unpaired) electrons. The van der Waals surface area contributed by atoms with Crippen LogP contribution in [0.3, 0.4) is 0 Å². The summed E-state index contributed by atoms with van der Waals surface area (Å²) in [5.41, 5.74) is 1.17. The van der Waals surface area contributed by atoms with Crippen molar-refractivity contribution in [2.75, 3.05) is 26.4 Å². The van der Waals surface area contributed by atoms with Gasteiger partial charge in [0.05, 0.1) is 19.8 Å². The standard InChI is InChI=1S/C15H21N3O3/c19-8-10-20-9-4-7-16-12-15-17-14(18-21-15)11-13-5-2-1-3-6-13/h1-3,5-6,16,19H,4,7-12H2. The highest BCUT2D eigenvalue weighted by molar-refractivity contribution is 5.18. The summed E-state index contributed by atoms with van der Waals surface area (Å²) in [6, 6.07) is 10.1. The molecule has 0 saturated heterocycles. The Labute approximate surface area is 124 Å². The first-order valence-electron chi connectivity index (χ1n) is 7.13. The van der Waals surface area contributed by atoms with E-state index < -0.39 is 0 Å². The molecule has 0 spiro atoms. The summed E-state index contributed by atoms with van der Waals surface area (Å²) in [5.74, 6) is 1.29. The van der Waals surface area contributed by atoms with Crippen molar-refractivity contribution in [1.29, 1.82) is 0 Å². The molecule has 1 aromatic heterocycles. The van der Waals surface area contributed by atoms with Crippen molar-refractivity contribution < 1.29 is 14.4 Å². The van der Waals surface area contributed by atoms with Gasteiger partial charge in [-0.1, -0.05) is 35.5 Å². The van der Waals surface area contributed by atoms with Crippen LogP contribution in [0.2, 0.25) is 0 Å². The van der Waals surface area contributed by atoms with Crippen LogP contribution in [-0.4, -0.2) is 41.6 Å². The van der Waals surface area contributed by atoms with E-state index in [-0.39, 0.29) is 6.61 Å². The zero-order chi connectivity index (χ0) is 14.8. The zero-order valence-electron chi connectivity index (χ0n) is 12.0. The minimum Gasteiger partial charge on any atom is -0.394 e. The summed E-state index contributed by atoms with van der Waals surface area (Å²) in [7, 11) is 0. The van der Waals surface area contributed by atoms with E-state index in [4.69, 9.17) is 14.4 Å². The lowest BCUT2D eigenvalue weighted by Crippen LogP contribution is -2.17. The van der Waals surface area contributed by atoms with Gasteiger partial charge in [-0.2, -0.15) is 4.98 Å². The summed E-state index contributed by atoms with van der Waals surface area (Å²) >= 11 is 0. The second-order valence-electron chi connectivity index (χ2n) is 4.63. The fourth-order valence-electron chi connectivity index (χ4n) is 1.87. The van der Waals surface area contributed by atoms with Crippen LogP contribution < -0.4 is 5.32 Å². The second kappa shape index (κ2) is 9.23. The number of hydrogen-bond acceptors (Lipinski definition) is 6. The summed E-state index contributed by atoms with van der Waals surface area (Å²) in [4.78, 5) is 4.35. The third kappa shape index (κ3) is 6.03. The van der Waals surface area contributed by atoms with Crippen molar-refractivity contribution in [1.82, 2.24) is 15.5 Å². The molecule has 1 heterocycles. The Morgan fingerprint density at radius 1 is 1.19 bits per heavy atom. The van der Waals surface area contributed by atoms with Gasteiger partial charge >= 0.3 is 0 Å². The fourth-order valence-corrected chi connectivity index (χ4v) is 1.87. The van der Waals surface area contributed by atoms with Gasteiger partial charge in [0.1, 0.15) is 0 Å². The predicted molar refractivity (Wildman–Crippen MR) is 77.8 cm³/mol. The van der Waals surface area contributed by atoms with E-state index in [9.17, 15) is 0 Å². The second-order valence-corrected chi connectivity index (χ2v) is 4.63. The molecule has 0 fully saturated rings. The van der Waals surface area contributed by atoms with Gasteiger partial charge in [0, 0.05) is 13.0 Å². The Morgan fingerprint density at radius 3 is 2.86 bits per heavy atom. The van der Waals surface area contributed by atoms with Crippen LogP contribution in [0.15, 0.2) is 34.9 Å². The van der Waals surface area contributed by atoms with E-state index in [1.54, 1.807) is 0 Å². The lowest BCUT2D eigenvalue weighted by Gasteiger charge is -2.02. The van der Waals surface area contributed by atoms with Crippen molar-refractivity contribution in [2.24, 2.45) is 0 Å². The first-order valence-corrected chi connectivity index (χ1v) is 7.13. The molecular formula is C15H21N3O3. The van der Waals surface area contributed by atoms with Crippen molar-refractivity contribution in [3.8, 4) is 0 Å². The Morgan fingerprint density at radius 2 is 2.05 bits per heavy atom. The molecule has 0 atom stereocenters. The number of ether oxygens (including phenoxy) is 1. The number of hydrogen-bond donors (Lipinski definition) is 2. The predicted octanol–water partition coefficient (Wildman–Crippen LogP) is 1.15. The summed E-state index contributed by atoms with van der Waals surface area (Å²) < 4.78 is 10.4. The van der Waals surface area contributed by atoms with E-state index in [1.807, 2.05) is 30.3 Å². The molecule has 114 valence electrons. The monoisotopic (exact) mass is 291 g/mol. The van der Waals surface area contributed by atoms with Crippen molar-refractivity contribution in [3.63, 3.8) is 0 Å². The van der Waals surface area contributed by atoms with Gasteiger partial charge in [-0.15, -0.1) is 0 Å². The topological polar surface area (TPSA) is 80.4 Å². The molecule has 2 aromatic rings. The molecular weight excluding hydrogens is 270 g/mol. The first-order chi connectivity index (χ1) is 10.4. The number of rotatable bonds is 10. The van der Waals surface area contributed by atoms with Crippen molar-refractivity contribution in [3.05, 3.63) is 47.6 Å². The minimum absolute atomic E-state index is 0.0691. The van der Waals surface area contributed by atoms with Gasteiger partial charge in [0.15, 0.2) is 5.82 Å². The highest BCUT2D eigenvalue weighted by Crippen LogP contribution is 2.06. The van der Waals surface area contributed by atoms with Gasteiger partial charge in [0.25, 0.3) is 0 Å². The molecule has 2 N–H and O–H groups in total. The van der Waals surface area contributed by atoms with Crippen LogP contribution >= 0.6 is 0 Å². The Hall–Kier alpha value is -1.76. The van der Waals surface area contributed by atoms with Gasteiger partial charge in [-0.05, 0) is 18.5 Å². The number of nitrogens with one attached hydrogen (secondary N) is 1. The average molecular weight is 291 g/mol. The van der Waals surface area contributed by atoms with Crippen LogP contribution in [0.4, 0.5) is 0 Å². The Balaban J connectivity index is 1.64. The van der Waals surface area contributed by atoms with Crippen LogP contribution in [-0.2, 0) is 17.7 Å². The maximum absolute atomic E-state index is 8.56. The summed E-state index contributed by atoms with van der Waals surface area (Å²) in [6.45, 7) is 2.46. The largest absolute Gasteiger partial charge is 0.394 e. The van der Waals surface area contributed by atoms with Crippen LogP contribution in [0.25, 0.3) is 0 Å². The molecule has 0 aliphatic rings. The van der Waals surface area contributed by atoms with Crippen LogP contribution in [0.1, 0.15) is 23.7 Å². The molecule has 6 heteroatoms. The van der Waals surface area contributed by atoms with Crippen LogP contribution in [0, 0.1) is 0 Å². The fraction of sp³-hybridized carbons (Fsp3) is 0.467. The van der Waals surface area contributed by atoms with Crippen molar-refractivity contribution >= 4 is 0 Å². The molecule has 0 bridgehead atoms. The lowest BCUT2D eigenvalue weighted by atomic mass is 10.1. The third-order valence-electron chi connectivity index (χ3n) is 2.87. The Kier molecular flexibility index (Phi) is 6.87. The molecule has 0 aliphatic heterocycles. The van der Waals surface area contributed by atoms with E-state index in [1.165, 1.54) is 5.56 Å². The molecule has 0 saturated carbocycles. The van der Waals surface area contributed by atoms with Gasteiger partial charge < -0.3 is 19.7 Å². The van der Waals surface area contributed by atoms with Gasteiger partial charge in [0.2, 0.25) is 5.89 Å². The zero-order valence-corrected chi connectivity index (χ0v) is 12.0. The number of benzene rings is 1. The molecule has 0 unspecified atom stereocenters. The molecule has 2 rings (SSSR count). The van der Waals surface area contributed by atoms with E-state index in [2.05, 4.69) is 15.5 Å². The van der Waals surface area contributed by atoms with Gasteiger partial charge in [-0.3, -0.25) is 0 Å². The number of aromatic nitrogens is 2. The third-order valence-corrected chi connectivity index (χ3v) is 2.87. The normalized spacial score (nSPS) is 10.9. The summed E-state index contributed by atoms with van der Waals surface area (Å²) in [6.07, 6.45) is 1.56. The maximum Gasteiger partial charge on any atom is 0.240 e. The van der Waals surface area contributed by atoms with Crippen LogP contribution in [0.5, 0.6) is 0 Å². The summed E-state index contributed by atoms with van der Waals surface area (Å²) in [5, 5.41) is 15.7. The molecule has 0 aliphatic carbocycles. The Bertz CT molecular complexity index is 502. The smallest absolute Gasteiger partial charge is 0.240 e. The quantitative estimate of drug-likeness (QED) is 0.639. The molecule has 0 amide bonds. The highest BCUT2D eigenvalue weighted by atomic mass is 16.5. The van der Waals surface area contributed by atoms with Crippen molar-refractivity contribution in [2.45, 2.75) is 19.4 Å². The van der Waals surface area contributed by atoms with E-state index in [0.29, 0.717) is 37.9 Å². The molecule has 21 heavy (non-hydrogen) atoms. The minimum atomic E-state index is 0.0691. The molecule has 6 nitrogen and oxygen atoms in total. The number of aliphatic hydroxyl groups is 1.